The Morgan fingerprint density at radius 3 is 2.65 bits per heavy atom. The fourth-order valence-corrected chi connectivity index (χ4v) is 3.53. The molecular weight excluding hydrogens is 324 g/mol. The molecule has 3 rings (SSSR count). The van der Waals surface area contributed by atoms with Crippen LogP contribution in [0.1, 0.15) is 48.1 Å². The summed E-state index contributed by atoms with van der Waals surface area (Å²) in [5.41, 5.74) is 6.04. The molecule has 138 valence electrons. The van der Waals surface area contributed by atoms with E-state index in [1.54, 1.807) is 7.11 Å². The number of hydrogen-bond acceptors (Lipinski definition) is 3. The lowest BCUT2D eigenvalue weighted by Gasteiger charge is -2.20. The summed E-state index contributed by atoms with van der Waals surface area (Å²) < 4.78 is 5.34. The Morgan fingerprint density at radius 2 is 1.88 bits per heavy atom. The Hall–Kier alpha value is -2.49. The molecule has 0 bridgehead atoms. The van der Waals surface area contributed by atoms with Crippen LogP contribution in [0, 0.1) is 6.92 Å². The minimum atomic E-state index is -0.0289. The zero-order chi connectivity index (χ0) is 18.5. The molecule has 0 saturated carbocycles. The highest BCUT2D eigenvalue weighted by Crippen LogP contribution is 2.26. The van der Waals surface area contributed by atoms with E-state index in [1.165, 1.54) is 36.0 Å². The SMILES string of the molecule is COc1ccc(C)cc1NCC(=O)N[C@H](C)c1ccc2c(c1)CCCC2. The maximum absolute atomic E-state index is 12.4. The summed E-state index contributed by atoms with van der Waals surface area (Å²) in [7, 11) is 1.63. The van der Waals surface area contributed by atoms with Crippen LogP contribution in [0.3, 0.4) is 0 Å². The standard InChI is InChI=1S/C22H28N2O2/c1-15-8-11-21(26-3)20(12-15)23-14-22(25)24-16(2)18-10-9-17-6-4-5-7-19(17)13-18/h8-13,16,23H,4-7,14H2,1-3H3,(H,24,25)/t16-/m1/s1. The summed E-state index contributed by atoms with van der Waals surface area (Å²) in [4.78, 5) is 12.4. The van der Waals surface area contributed by atoms with E-state index >= 15 is 0 Å². The number of hydrogen-bond donors (Lipinski definition) is 2. The quantitative estimate of drug-likeness (QED) is 0.820. The third-order valence-electron chi connectivity index (χ3n) is 5.04. The van der Waals surface area contributed by atoms with Crippen LogP contribution < -0.4 is 15.4 Å². The van der Waals surface area contributed by atoms with E-state index in [9.17, 15) is 4.79 Å². The smallest absolute Gasteiger partial charge is 0.239 e. The molecule has 0 saturated heterocycles. The lowest BCUT2D eigenvalue weighted by molar-refractivity contribution is -0.120. The average molecular weight is 352 g/mol. The molecule has 2 aromatic rings. The van der Waals surface area contributed by atoms with Crippen molar-refractivity contribution in [1.82, 2.24) is 5.32 Å². The molecule has 1 atom stereocenters. The summed E-state index contributed by atoms with van der Waals surface area (Å²) in [5, 5.41) is 6.26. The molecule has 1 aliphatic rings. The number of ether oxygens (including phenoxy) is 1. The van der Waals surface area contributed by atoms with Gasteiger partial charge < -0.3 is 15.4 Å². The first kappa shape index (κ1) is 18.3. The Bertz CT molecular complexity index is 786. The van der Waals surface area contributed by atoms with Crippen molar-refractivity contribution in [2.75, 3.05) is 19.0 Å². The Labute approximate surface area is 156 Å². The number of amides is 1. The molecule has 2 N–H and O–H groups in total. The molecule has 1 aliphatic carbocycles. The molecular formula is C22H28N2O2. The van der Waals surface area contributed by atoms with Crippen LogP contribution in [0.5, 0.6) is 5.75 Å². The summed E-state index contributed by atoms with van der Waals surface area (Å²) in [6.07, 6.45) is 4.88. The highest BCUT2D eigenvalue weighted by Gasteiger charge is 2.14. The highest BCUT2D eigenvalue weighted by molar-refractivity contribution is 5.81. The number of anilines is 1. The third kappa shape index (κ3) is 4.37. The van der Waals surface area contributed by atoms with Crippen molar-refractivity contribution < 1.29 is 9.53 Å². The maximum Gasteiger partial charge on any atom is 0.239 e. The van der Waals surface area contributed by atoms with Gasteiger partial charge in [-0.1, -0.05) is 24.3 Å². The lowest BCUT2D eigenvalue weighted by Crippen LogP contribution is -2.32. The number of fused-ring (bicyclic) bond motifs is 1. The largest absolute Gasteiger partial charge is 0.495 e. The van der Waals surface area contributed by atoms with E-state index < -0.39 is 0 Å². The first-order valence-electron chi connectivity index (χ1n) is 9.36. The Balaban J connectivity index is 1.59. The maximum atomic E-state index is 12.4. The van der Waals surface area contributed by atoms with E-state index in [1.807, 2.05) is 32.0 Å². The van der Waals surface area contributed by atoms with Crippen LogP contribution in [0.25, 0.3) is 0 Å². The van der Waals surface area contributed by atoms with E-state index in [0.29, 0.717) is 0 Å². The average Bonchev–Trinajstić information content (AvgIpc) is 2.66. The van der Waals surface area contributed by atoms with Gasteiger partial charge in [0.05, 0.1) is 25.4 Å². The van der Waals surface area contributed by atoms with Crippen molar-refractivity contribution in [3.63, 3.8) is 0 Å². The number of nitrogens with one attached hydrogen (secondary N) is 2. The van der Waals surface area contributed by atoms with Gasteiger partial charge in [-0.05, 0) is 73.9 Å². The van der Waals surface area contributed by atoms with Crippen molar-refractivity contribution >= 4 is 11.6 Å². The van der Waals surface area contributed by atoms with Crippen molar-refractivity contribution in [3.05, 3.63) is 58.7 Å². The van der Waals surface area contributed by atoms with Gasteiger partial charge in [0.2, 0.25) is 5.91 Å². The normalized spacial score (nSPS) is 14.3. The fourth-order valence-electron chi connectivity index (χ4n) is 3.53. The zero-order valence-electron chi connectivity index (χ0n) is 15.9. The van der Waals surface area contributed by atoms with Gasteiger partial charge in [-0.2, -0.15) is 0 Å². The molecule has 0 aliphatic heterocycles. The van der Waals surface area contributed by atoms with Gasteiger partial charge in [0.15, 0.2) is 0 Å². The van der Waals surface area contributed by atoms with E-state index in [-0.39, 0.29) is 18.5 Å². The monoisotopic (exact) mass is 352 g/mol. The van der Waals surface area contributed by atoms with Gasteiger partial charge in [0.25, 0.3) is 0 Å². The minimum Gasteiger partial charge on any atom is -0.495 e. The summed E-state index contributed by atoms with van der Waals surface area (Å²) in [6, 6.07) is 12.5. The highest BCUT2D eigenvalue weighted by atomic mass is 16.5. The number of aryl methyl sites for hydroxylation is 3. The molecule has 0 spiro atoms. The molecule has 0 fully saturated rings. The topological polar surface area (TPSA) is 50.4 Å². The summed E-state index contributed by atoms with van der Waals surface area (Å²) in [6.45, 7) is 4.27. The van der Waals surface area contributed by atoms with Gasteiger partial charge in [-0.15, -0.1) is 0 Å². The van der Waals surface area contributed by atoms with Gasteiger partial charge in [-0.25, -0.2) is 0 Å². The van der Waals surface area contributed by atoms with Gasteiger partial charge in [-0.3, -0.25) is 4.79 Å². The number of carbonyl (C=O) groups is 1. The van der Waals surface area contributed by atoms with Crippen LogP contribution in [0.15, 0.2) is 36.4 Å². The molecule has 1 amide bonds. The van der Waals surface area contributed by atoms with Gasteiger partial charge in [0.1, 0.15) is 5.75 Å². The molecule has 0 radical (unpaired) electrons. The predicted molar refractivity (Wildman–Crippen MR) is 106 cm³/mol. The fraction of sp³-hybridized carbons (Fsp3) is 0.409. The summed E-state index contributed by atoms with van der Waals surface area (Å²) in [5.74, 6) is 0.713. The van der Waals surface area contributed by atoms with Crippen molar-refractivity contribution in [3.8, 4) is 5.75 Å². The first-order valence-corrected chi connectivity index (χ1v) is 9.36. The van der Waals surface area contributed by atoms with Crippen LogP contribution in [-0.2, 0) is 17.6 Å². The molecule has 4 heteroatoms. The Morgan fingerprint density at radius 1 is 1.12 bits per heavy atom. The molecule has 4 nitrogen and oxygen atoms in total. The number of carbonyl (C=O) groups excluding carboxylic acids is 1. The van der Waals surface area contributed by atoms with Gasteiger partial charge >= 0.3 is 0 Å². The van der Waals surface area contributed by atoms with Crippen LogP contribution in [0.4, 0.5) is 5.69 Å². The number of methoxy groups -OCH3 is 1. The lowest BCUT2D eigenvalue weighted by atomic mass is 9.89. The van der Waals surface area contributed by atoms with E-state index in [2.05, 4.69) is 28.8 Å². The van der Waals surface area contributed by atoms with Gasteiger partial charge in [0, 0.05) is 0 Å². The number of rotatable bonds is 6. The van der Waals surface area contributed by atoms with E-state index in [4.69, 9.17) is 4.74 Å². The van der Waals surface area contributed by atoms with Crippen molar-refractivity contribution in [1.29, 1.82) is 0 Å². The second kappa shape index (κ2) is 8.26. The van der Waals surface area contributed by atoms with Crippen molar-refractivity contribution in [2.24, 2.45) is 0 Å². The van der Waals surface area contributed by atoms with Crippen LogP contribution >= 0.6 is 0 Å². The second-order valence-corrected chi connectivity index (χ2v) is 7.08. The Kier molecular flexibility index (Phi) is 5.82. The molecule has 26 heavy (non-hydrogen) atoms. The molecule has 2 aromatic carbocycles. The predicted octanol–water partition coefficient (Wildman–Crippen LogP) is 4.17. The minimum absolute atomic E-state index is 0.00377. The second-order valence-electron chi connectivity index (χ2n) is 7.08. The molecule has 0 aromatic heterocycles. The van der Waals surface area contributed by atoms with Crippen LogP contribution in [0.2, 0.25) is 0 Å². The van der Waals surface area contributed by atoms with Crippen molar-refractivity contribution in [2.45, 2.75) is 45.6 Å². The number of benzene rings is 2. The zero-order valence-corrected chi connectivity index (χ0v) is 15.9. The van der Waals surface area contributed by atoms with Crippen LogP contribution in [-0.4, -0.2) is 19.6 Å². The molecule has 0 heterocycles. The third-order valence-corrected chi connectivity index (χ3v) is 5.04. The van der Waals surface area contributed by atoms with E-state index in [0.717, 1.165) is 23.4 Å². The summed E-state index contributed by atoms with van der Waals surface area (Å²) >= 11 is 0. The first-order chi connectivity index (χ1) is 12.6. The molecule has 0 unspecified atom stereocenters.